The second-order valence-electron chi connectivity index (χ2n) is 6.64. The van der Waals surface area contributed by atoms with E-state index in [1.165, 1.54) is 10.4 Å². The first-order chi connectivity index (χ1) is 12.0. The molecule has 2 aliphatic rings. The second kappa shape index (κ2) is 8.31. The molecule has 2 saturated heterocycles. The predicted octanol–water partition coefficient (Wildman–Crippen LogP) is 2.50. The molecule has 2 fully saturated rings. The van der Waals surface area contributed by atoms with E-state index in [1.807, 2.05) is 4.90 Å². The van der Waals surface area contributed by atoms with E-state index in [0.717, 1.165) is 19.3 Å². The zero-order valence-corrected chi connectivity index (χ0v) is 15.7. The van der Waals surface area contributed by atoms with Gasteiger partial charge in [0.25, 0.3) is 0 Å². The maximum absolute atomic E-state index is 13.9. The molecule has 0 saturated carbocycles. The summed E-state index contributed by atoms with van der Waals surface area (Å²) in [6, 6.07) is 4.65. The van der Waals surface area contributed by atoms with Gasteiger partial charge in [-0.3, -0.25) is 4.90 Å². The Morgan fingerprint density at radius 3 is 2.60 bits per heavy atom. The molecule has 0 aliphatic carbocycles. The number of halogens is 2. The van der Waals surface area contributed by atoms with Gasteiger partial charge in [-0.15, -0.1) is 0 Å². The van der Waals surface area contributed by atoms with E-state index in [0.29, 0.717) is 49.9 Å². The maximum Gasteiger partial charge on any atom is 0.216 e. The zero-order valence-electron chi connectivity index (χ0n) is 14.2. The first-order valence-corrected chi connectivity index (χ1v) is 10.7. The average molecular weight is 391 g/mol. The summed E-state index contributed by atoms with van der Waals surface area (Å²) in [5.41, 5.74) is 0.469. The van der Waals surface area contributed by atoms with Gasteiger partial charge in [0.2, 0.25) is 10.0 Å². The molecule has 0 bridgehead atoms. The first kappa shape index (κ1) is 19.0. The van der Waals surface area contributed by atoms with Crippen LogP contribution in [0.5, 0.6) is 0 Å². The largest absolute Gasteiger partial charge is 0.377 e. The fraction of sp³-hybridized carbons (Fsp3) is 0.647. The predicted molar refractivity (Wildman–Crippen MR) is 95.6 cm³/mol. The number of hydrogen-bond donors (Lipinski definition) is 0. The summed E-state index contributed by atoms with van der Waals surface area (Å²) in [5, 5.41) is 0.407. The Kier molecular flexibility index (Phi) is 6.33. The molecule has 0 aromatic heterocycles. The molecule has 0 spiro atoms. The summed E-state index contributed by atoms with van der Waals surface area (Å²) in [5.74, 6) is -0.261. The third kappa shape index (κ3) is 4.92. The van der Waals surface area contributed by atoms with Gasteiger partial charge in [0.15, 0.2) is 0 Å². The van der Waals surface area contributed by atoms with Gasteiger partial charge in [-0.25, -0.2) is 12.8 Å². The summed E-state index contributed by atoms with van der Waals surface area (Å²) >= 11 is 6.07. The van der Waals surface area contributed by atoms with Gasteiger partial charge in [0, 0.05) is 49.9 Å². The third-order valence-corrected chi connectivity index (χ3v) is 7.14. The second-order valence-corrected chi connectivity index (χ2v) is 9.06. The van der Waals surface area contributed by atoms with Crippen molar-refractivity contribution >= 4 is 21.6 Å². The summed E-state index contributed by atoms with van der Waals surface area (Å²) in [6.07, 6.45) is 2.66. The molecule has 140 valence electrons. The third-order valence-electron chi connectivity index (χ3n) is 4.84. The highest BCUT2D eigenvalue weighted by Crippen LogP contribution is 2.22. The van der Waals surface area contributed by atoms with Crippen LogP contribution in [0.1, 0.15) is 24.8 Å². The van der Waals surface area contributed by atoms with Crippen LogP contribution in [0.4, 0.5) is 4.39 Å². The molecule has 1 unspecified atom stereocenters. The van der Waals surface area contributed by atoms with E-state index in [2.05, 4.69) is 0 Å². The molecule has 25 heavy (non-hydrogen) atoms. The molecule has 8 heteroatoms. The van der Waals surface area contributed by atoms with Crippen molar-refractivity contribution in [1.82, 2.24) is 9.21 Å². The molecule has 5 nitrogen and oxygen atoms in total. The van der Waals surface area contributed by atoms with Crippen LogP contribution in [-0.2, 0) is 21.3 Å². The van der Waals surface area contributed by atoms with Crippen molar-refractivity contribution in [3.63, 3.8) is 0 Å². The van der Waals surface area contributed by atoms with Gasteiger partial charge < -0.3 is 4.74 Å². The Balaban J connectivity index is 1.54. The molecule has 1 atom stereocenters. The molecule has 1 aromatic rings. The molecule has 2 heterocycles. The van der Waals surface area contributed by atoms with Crippen molar-refractivity contribution in [1.29, 1.82) is 0 Å². The lowest BCUT2D eigenvalue weighted by atomic mass is 10.1. The minimum Gasteiger partial charge on any atom is -0.377 e. The number of nitrogens with zero attached hydrogens (tertiary/aromatic N) is 2. The van der Waals surface area contributed by atoms with Crippen LogP contribution in [0, 0.1) is 5.82 Å². The molecule has 0 N–H and O–H groups in total. The SMILES string of the molecule is O=S(=O)(CC1CCCCO1)N1CCN(Cc2c(F)cccc2Cl)CC1. The Hall–Kier alpha value is -0.730. The van der Waals surface area contributed by atoms with Crippen LogP contribution in [0.25, 0.3) is 0 Å². The molecular weight excluding hydrogens is 367 g/mol. The number of piperazine rings is 1. The highest BCUT2D eigenvalue weighted by Gasteiger charge is 2.30. The van der Waals surface area contributed by atoms with Crippen molar-refractivity contribution < 1.29 is 17.5 Å². The van der Waals surface area contributed by atoms with Crippen molar-refractivity contribution in [3.05, 3.63) is 34.6 Å². The van der Waals surface area contributed by atoms with Crippen LogP contribution < -0.4 is 0 Å². The van der Waals surface area contributed by atoms with Gasteiger partial charge in [-0.05, 0) is 31.4 Å². The first-order valence-electron chi connectivity index (χ1n) is 8.70. The summed E-state index contributed by atoms with van der Waals surface area (Å²) in [4.78, 5) is 2.04. The minimum absolute atomic E-state index is 0.0616. The Labute approximate surface area is 153 Å². The highest BCUT2D eigenvalue weighted by molar-refractivity contribution is 7.89. The van der Waals surface area contributed by atoms with Gasteiger partial charge in [0.1, 0.15) is 5.82 Å². The Morgan fingerprint density at radius 2 is 1.96 bits per heavy atom. The van der Waals surface area contributed by atoms with Crippen molar-refractivity contribution in [2.45, 2.75) is 31.9 Å². The fourth-order valence-electron chi connectivity index (χ4n) is 3.35. The van der Waals surface area contributed by atoms with Crippen LogP contribution in [0.2, 0.25) is 5.02 Å². The Bertz CT molecular complexity index is 667. The van der Waals surface area contributed by atoms with Crippen LogP contribution >= 0.6 is 11.6 Å². The van der Waals surface area contributed by atoms with Gasteiger partial charge in [-0.1, -0.05) is 17.7 Å². The smallest absolute Gasteiger partial charge is 0.216 e. The number of benzene rings is 1. The quantitative estimate of drug-likeness (QED) is 0.775. The van der Waals surface area contributed by atoms with E-state index in [-0.39, 0.29) is 17.7 Å². The van der Waals surface area contributed by atoms with Crippen molar-refractivity contribution in [3.8, 4) is 0 Å². The molecule has 3 rings (SSSR count). The van der Waals surface area contributed by atoms with Crippen LogP contribution in [-0.4, -0.2) is 62.3 Å². The van der Waals surface area contributed by atoms with Gasteiger partial charge >= 0.3 is 0 Å². The summed E-state index contributed by atoms with van der Waals surface area (Å²) in [7, 11) is -3.31. The van der Waals surface area contributed by atoms with Crippen molar-refractivity contribution in [2.75, 3.05) is 38.5 Å². The fourth-order valence-corrected chi connectivity index (χ4v) is 5.24. The van der Waals surface area contributed by atoms with E-state index in [1.54, 1.807) is 12.1 Å². The number of sulfonamides is 1. The lowest BCUT2D eigenvalue weighted by Gasteiger charge is -2.35. The molecular formula is C17H24ClFN2O3S. The topological polar surface area (TPSA) is 49.9 Å². The van der Waals surface area contributed by atoms with Crippen molar-refractivity contribution in [2.24, 2.45) is 0 Å². The molecule has 1 aromatic carbocycles. The lowest BCUT2D eigenvalue weighted by molar-refractivity contribution is 0.0296. The minimum atomic E-state index is -3.31. The van der Waals surface area contributed by atoms with E-state index in [4.69, 9.17) is 16.3 Å². The highest BCUT2D eigenvalue weighted by atomic mass is 35.5. The molecule has 0 amide bonds. The zero-order chi connectivity index (χ0) is 17.9. The maximum atomic E-state index is 13.9. The van der Waals surface area contributed by atoms with Crippen LogP contribution in [0.15, 0.2) is 18.2 Å². The summed E-state index contributed by atoms with van der Waals surface area (Å²) < 4.78 is 46.1. The number of ether oxygens (including phenoxy) is 1. The monoisotopic (exact) mass is 390 g/mol. The van der Waals surface area contributed by atoms with E-state index in [9.17, 15) is 12.8 Å². The normalized spacial score (nSPS) is 23.7. The van der Waals surface area contributed by atoms with Gasteiger partial charge in [0.05, 0.1) is 11.9 Å². The Morgan fingerprint density at radius 1 is 1.20 bits per heavy atom. The van der Waals surface area contributed by atoms with E-state index >= 15 is 0 Å². The lowest BCUT2D eigenvalue weighted by Crippen LogP contribution is -2.50. The average Bonchev–Trinajstić information content (AvgIpc) is 2.59. The number of hydrogen-bond acceptors (Lipinski definition) is 4. The van der Waals surface area contributed by atoms with E-state index < -0.39 is 10.0 Å². The van der Waals surface area contributed by atoms with Crippen LogP contribution in [0.3, 0.4) is 0 Å². The number of rotatable bonds is 5. The summed E-state index contributed by atoms with van der Waals surface area (Å²) in [6.45, 7) is 3.01. The molecule has 2 aliphatic heterocycles. The van der Waals surface area contributed by atoms with Gasteiger partial charge in [-0.2, -0.15) is 4.31 Å². The molecule has 0 radical (unpaired) electrons. The standard InChI is InChI=1S/C17H24ClFN2O3S/c18-16-5-3-6-17(19)15(16)12-20-7-9-21(10-8-20)25(22,23)13-14-4-1-2-11-24-14/h3,5-6,14H,1-2,4,7-13H2.